The molecule has 0 radical (unpaired) electrons. The van der Waals surface area contributed by atoms with E-state index < -0.39 is 5.54 Å². The molecule has 2 amide bonds. The molecule has 0 unspecified atom stereocenters. The lowest BCUT2D eigenvalue weighted by Gasteiger charge is -2.50. The molecule has 1 aromatic heterocycles. The highest BCUT2D eigenvalue weighted by molar-refractivity contribution is 7.08. The highest BCUT2D eigenvalue weighted by Crippen LogP contribution is 2.46. The van der Waals surface area contributed by atoms with Gasteiger partial charge in [0.2, 0.25) is 5.91 Å². The average Bonchev–Trinajstić information content (AvgIpc) is 3.23. The number of aryl methyl sites for hydroxylation is 1. The van der Waals surface area contributed by atoms with Crippen molar-refractivity contribution < 1.29 is 14.3 Å². The first-order valence-corrected chi connectivity index (χ1v) is 9.87. The Kier molecular flexibility index (Phi) is 4.65. The van der Waals surface area contributed by atoms with E-state index in [1.807, 2.05) is 48.0 Å². The number of nitrogens with one attached hydrogen (secondary N) is 1. The lowest BCUT2D eigenvalue weighted by Crippen LogP contribution is -2.67. The van der Waals surface area contributed by atoms with E-state index in [4.69, 9.17) is 4.74 Å². The largest absolute Gasteiger partial charge is 0.497 e. The van der Waals surface area contributed by atoms with Crippen LogP contribution >= 0.6 is 11.3 Å². The molecule has 1 fully saturated rings. The van der Waals surface area contributed by atoms with Crippen molar-refractivity contribution in [3.8, 4) is 5.75 Å². The van der Waals surface area contributed by atoms with Crippen molar-refractivity contribution in [2.75, 3.05) is 17.3 Å². The smallest absolute Gasteiger partial charge is 0.255 e. The molecule has 1 N–H and O–H groups in total. The van der Waals surface area contributed by atoms with Crippen LogP contribution in [-0.2, 0) is 15.1 Å². The second kappa shape index (κ2) is 7.13. The summed E-state index contributed by atoms with van der Waals surface area (Å²) in [5.74, 6) is 0.397. The Labute approximate surface area is 167 Å². The highest BCUT2D eigenvalue weighted by atomic mass is 32.1. The minimum Gasteiger partial charge on any atom is -0.497 e. The SMILES string of the molecule is COc1ccc(N2C(=O)C[C@@]2(C(=O)Nc2ccccc2C)c2ccsc2)cc1. The number of methoxy groups -OCH3 is 1. The molecule has 0 bridgehead atoms. The van der Waals surface area contributed by atoms with Gasteiger partial charge in [0, 0.05) is 11.4 Å². The molecule has 0 saturated carbocycles. The van der Waals surface area contributed by atoms with Gasteiger partial charge in [0.25, 0.3) is 5.91 Å². The van der Waals surface area contributed by atoms with Gasteiger partial charge in [-0.05, 0) is 65.2 Å². The molecule has 1 aliphatic rings. The van der Waals surface area contributed by atoms with Gasteiger partial charge >= 0.3 is 0 Å². The standard InChI is InChI=1S/C22H20N2O3S/c1-15-5-3-4-6-19(15)23-21(26)22(16-11-12-28-14-16)13-20(25)24(22)17-7-9-18(27-2)10-8-17/h3-12,14H,13H2,1-2H3,(H,23,26)/t22-/m0/s1. The number of ether oxygens (including phenoxy) is 1. The van der Waals surface area contributed by atoms with E-state index in [2.05, 4.69) is 5.32 Å². The summed E-state index contributed by atoms with van der Waals surface area (Å²) < 4.78 is 5.21. The van der Waals surface area contributed by atoms with Crippen LogP contribution in [0, 0.1) is 6.92 Å². The number of hydrogen-bond donors (Lipinski definition) is 1. The van der Waals surface area contributed by atoms with E-state index in [0.29, 0.717) is 11.4 Å². The normalized spacial score (nSPS) is 18.5. The van der Waals surface area contributed by atoms with E-state index in [1.54, 1.807) is 36.3 Å². The average molecular weight is 392 g/mol. The molecule has 0 spiro atoms. The third-order valence-electron chi connectivity index (χ3n) is 5.14. The van der Waals surface area contributed by atoms with Gasteiger partial charge in [-0.25, -0.2) is 0 Å². The first kappa shape index (κ1) is 18.3. The zero-order valence-corrected chi connectivity index (χ0v) is 16.5. The number of carbonyl (C=O) groups is 2. The summed E-state index contributed by atoms with van der Waals surface area (Å²) in [6.45, 7) is 1.94. The summed E-state index contributed by atoms with van der Waals surface area (Å²) in [7, 11) is 1.59. The summed E-state index contributed by atoms with van der Waals surface area (Å²) in [6.07, 6.45) is 0.132. The second-order valence-corrected chi connectivity index (χ2v) is 7.53. The number of nitrogens with zero attached hydrogens (tertiary/aromatic N) is 1. The fraction of sp³-hybridized carbons (Fsp3) is 0.182. The number of hydrogen-bond acceptors (Lipinski definition) is 4. The van der Waals surface area contributed by atoms with Crippen molar-refractivity contribution in [3.05, 3.63) is 76.5 Å². The van der Waals surface area contributed by atoms with Crippen LogP contribution in [0.1, 0.15) is 17.5 Å². The monoisotopic (exact) mass is 392 g/mol. The summed E-state index contributed by atoms with van der Waals surface area (Å²) in [5.41, 5.74) is 2.14. The van der Waals surface area contributed by atoms with Gasteiger partial charge in [-0.1, -0.05) is 18.2 Å². The number of thiophene rings is 1. The summed E-state index contributed by atoms with van der Waals surface area (Å²) >= 11 is 1.51. The molecule has 6 heteroatoms. The maximum atomic E-state index is 13.5. The van der Waals surface area contributed by atoms with E-state index >= 15 is 0 Å². The Hall–Kier alpha value is -3.12. The Balaban J connectivity index is 1.75. The van der Waals surface area contributed by atoms with Crippen LogP contribution in [0.3, 0.4) is 0 Å². The van der Waals surface area contributed by atoms with Crippen LogP contribution < -0.4 is 15.0 Å². The van der Waals surface area contributed by atoms with Crippen LogP contribution in [0.25, 0.3) is 0 Å². The van der Waals surface area contributed by atoms with Crippen LogP contribution in [0.2, 0.25) is 0 Å². The zero-order chi connectivity index (χ0) is 19.7. The lowest BCUT2D eigenvalue weighted by atomic mass is 9.77. The molecule has 1 aliphatic heterocycles. The predicted octanol–water partition coefficient (Wildman–Crippen LogP) is 4.34. The van der Waals surface area contributed by atoms with Crippen LogP contribution in [0.4, 0.5) is 11.4 Å². The molecule has 0 aliphatic carbocycles. The Bertz CT molecular complexity index is 1010. The van der Waals surface area contributed by atoms with Crippen molar-refractivity contribution in [1.82, 2.24) is 0 Å². The first-order valence-electron chi connectivity index (χ1n) is 8.93. The van der Waals surface area contributed by atoms with Gasteiger partial charge in [0.05, 0.1) is 13.5 Å². The molecule has 2 aromatic carbocycles. The number of rotatable bonds is 5. The maximum absolute atomic E-state index is 13.5. The predicted molar refractivity (Wildman–Crippen MR) is 111 cm³/mol. The zero-order valence-electron chi connectivity index (χ0n) is 15.6. The lowest BCUT2D eigenvalue weighted by molar-refractivity contribution is -0.137. The van der Waals surface area contributed by atoms with Gasteiger partial charge in [0.15, 0.2) is 5.54 Å². The third-order valence-corrected chi connectivity index (χ3v) is 5.82. The fourth-order valence-electron chi connectivity index (χ4n) is 3.58. The molecule has 2 heterocycles. The number of anilines is 2. The molecule has 1 saturated heterocycles. The topological polar surface area (TPSA) is 58.6 Å². The summed E-state index contributed by atoms with van der Waals surface area (Å²) in [4.78, 5) is 27.7. The summed E-state index contributed by atoms with van der Waals surface area (Å²) in [6, 6.07) is 16.7. The Morgan fingerprint density at radius 1 is 1.14 bits per heavy atom. The number of amides is 2. The van der Waals surface area contributed by atoms with Crippen molar-refractivity contribution in [2.24, 2.45) is 0 Å². The van der Waals surface area contributed by atoms with Gasteiger partial charge in [-0.2, -0.15) is 11.3 Å². The molecule has 3 aromatic rings. The van der Waals surface area contributed by atoms with Gasteiger partial charge in [-0.3, -0.25) is 14.5 Å². The number of β-lactam (4-membered cyclic amide) rings is 1. The molecular weight excluding hydrogens is 372 g/mol. The van der Waals surface area contributed by atoms with Crippen molar-refractivity contribution in [2.45, 2.75) is 18.9 Å². The van der Waals surface area contributed by atoms with E-state index in [-0.39, 0.29) is 18.2 Å². The molecular formula is C22H20N2O3S. The van der Waals surface area contributed by atoms with Gasteiger partial charge < -0.3 is 10.1 Å². The maximum Gasteiger partial charge on any atom is 0.255 e. The molecule has 4 rings (SSSR count). The van der Waals surface area contributed by atoms with Crippen LogP contribution in [-0.4, -0.2) is 18.9 Å². The molecule has 28 heavy (non-hydrogen) atoms. The van der Waals surface area contributed by atoms with Crippen molar-refractivity contribution in [1.29, 1.82) is 0 Å². The third kappa shape index (κ3) is 2.86. The number of para-hydroxylation sites is 1. The highest BCUT2D eigenvalue weighted by Gasteiger charge is 2.58. The van der Waals surface area contributed by atoms with Crippen molar-refractivity contribution in [3.63, 3.8) is 0 Å². The molecule has 1 atom stereocenters. The Morgan fingerprint density at radius 3 is 2.50 bits per heavy atom. The number of carbonyl (C=O) groups excluding carboxylic acids is 2. The van der Waals surface area contributed by atoms with Crippen molar-refractivity contribution >= 4 is 34.5 Å². The summed E-state index contributed by atoms with van der Waals surface area (Å²) in [5, 5.41) is 6.89. The molecule has 5 nitrogen and oxygen atoms in total. The minimum absolute atomic E-state index is 0.0868. The fourth-order valence-corrected chi connectivity index (χ4v) is 4.30. The van der Waals surface area contributed by atoms with Gasteiger partial charge in [-0.15, -0.1) is 0 Å². The molecule has 142 valence electrons. The Morgan fingerprint density at radius 2 is 1.89 bits per heavy atom. The van der Waals surface area contributed by atoms with E-state index in [9.17, 15) is 9.59 Å². The van der Waals surface area contributed by atoms with Crippen LogP contribution in [0.5, 0.6) is 5.75 Å². The second-order valence-electron chi connectivity index (χ2n) is 6.75. The first-order chi connectivity index (χ1) is 13.6. The quantitative estimate of drug-likeness (QED) is 0.657. The van der Waals surface area contributed by atoms with E-state index in [0.717, 1.165) is 16.8 Å². The number of benzene rings is 2. The van der Waals surface area contributed by atoms with E-state index in [1.165, 1.54) is 11.3 Å². The van der Waals surface area contributed by atoms with Gasteiger partial charge in [0.1, 0.15) is 5.75 Å². The van der Waals surface area contributed by atoms with Crippen LogP contribution in [0.15, 0.2) is 65.4 Å². The minimum atomic E-state index is -1.06.